The summed E-state index contributed by atoms with van der Waals surface area (Å²) in [6.07, 6.45) is 0.810. The monoisotopic (exact) mass is 599 g/mol. The Morgan fingerprint density at radius 3 is 2.44 bits per heavy atom. The van der Waals surface area contributed by atoms with E-state index in [2.05, 4.69) is 10.2 Å². The molecule has 39 heavy (non-hydrogen) atoms. The Morgan fingerprint density at radius 1 is 1.05 bits per heavy atom. The van der Waals surface area contributed by atoms with Gasteiger partial charge in [-0.1, -0.05) is 83.6 Å². The summed E-state index contributed by atoms with van der Waals surface area (Å²) in [5, 5.41) is 20.9. The summed E-state index contributed by atoms with van der Waals surface area (Å²) in [4.78, 5) is 27.9. The Bertz CT molecular complexity index is 1590. The molecule has 0 aliphatic carbocycles. The first-order chi connectivity index (χ1) is 18.8. The topological polar surface area (TPSA) is 83.4 Å². The highest BCUT2D eigenvalue weighted by atomic mass is 35.5. The van der Waals surface area contributed by atoms with Gasteiger partial charge in [0.15, 0.2) is 4.34 Å². The van der Waals surface area contributed by atoms with Gasteiger partial charge in [0.2, 0.25) is 5.13 Å². The molecule has 1 N–H and O–H groups in total. The number of aromatic nitrogens is 2. The number of aliphatic hydroxyl groups is 1. The predicted octanol–water partition coefficient (Wildman–Crippen LogP) is 7.47. The van der Waals surface area contributed by atoms with Crippen molar-refractivity contribution in [1.29, 1.82) is 0 Å². The van der Waals surface area contributed by atoms with Crippen LogP contribution in [0.3, 0.4) is 0 Å². The maximum absolute atomic E-state index is 13.5. The third-order valence-electron chi connectivity index (χ3n) is 6.23. The highest BCUT2D eigenvalue weighted by Crippen LogP contribution is 2.44. The number of aryl methyl sites for hydroxylation is 1. The molecular formula is C28H20Cl2FN3O3S2. The number of anilines is 1. The first kappa shape index (κ1) is 27.3. The van der Waals surface area contributed by atoms with Gasteiger partial charge >= 0.3 is 5.91 Å². The zero-order chi connectivity index (χ0) is 27.7. The van der Waals surface area contributed by atoms with Gasteiger partial charge in [0, 0.05) is 21.4 Å². The van der Waals surface area contributed by atoms with E-state index in [1.54, 1.807) is 12.1 Å². The van der Waals surface area contributed by atoms with Crippen LogP contribution >= 0.6 is 46.3 Å². The summed E-state index contributed by atoms with van der Waals surface area (Å²) in [5.74, 6) is -2.08. The molecule has 11 heteroatoms. The van der Waals surface area contributed by atoms with E-state index in [0.717, 1.165) is 28.9 Å². The summed E-state index contributed by atoms with van der Waals surface area (Å²) >= 11 is 14.8. The Kier molecular flexibility index (Phi) is 8.04. The number of hydrogen-bond donors (Lipinski definition) is 1. The molecular weight excluding hydrogens is 580 g/mol. The number of rotatable bonds is 7. The van der Waals surface area contributed by atoms with Crippen molar-refractivity contribution in [2.75, 3.05) is 4.90 Å². The lowest BCUT2D eigenvalue weighted by atomic mass is 9.94. The van der Waals surface area contributed by atoms with Crippen molar-refractivity contribution in [3.05, 3.63) is 110 Å². The lowest BCUT2D eigenvalue weighted by Crippen LogP contribution is -2.29. The lowest BCUT2D eigenvalue weighted by Gasteiger charge is -2.22. The second kappa shape index (κ2) is 11.5. The van der Waals surface area contributed by atoms with Crippen molar-refractivity contribution in [3.63, 3.8) is 0 Å². The highest BCUT2D eigenvalue weighted by molar-refractivity contribution is 8.00. The molecule has 198 valence electrons. The van der Waals surface area contributed by atoms with Crippen molar-refractivity contribution in [2.45, 2.75) is 29.5 Å². The van der Waals surface area contributed by atoms with Crippen molar-refractivity contribution in [1.82, 2.24) is 10.2 Å². The zero-order valence-corrected chi connectivity index (χ0v) is 23.5. The maximum atomic E-state index is 13.5. The molecule has 1 unspecified atom stereocenters. The van der Waals surface area contributed by atoms with Crippen LogP contribution in [0.5, 0.6) is 0 Å². The van der Waals surface area contributed by atoms with Gasteiger partial charge < -0.3 is 5.11 Å². The van der Waals surface area contributed by atoms with Crippen molar-refractivity contribution >= 4 is 68.9 Å². The number of carbonyl (C=O) groups excluding carboxylic acids is 2. The summed E-state index contributed by atoms with van der Waals surface area (Å²) in [5.41, 5.74) is 2.67. The first-order valence-corrected chi connectivity index (χ1v) is 14.4. The molecule has 0 bridgehead atoms. The van der Waals surface area contributed by atoms with Gasteiger partial charge in [0.25, 0.3) is 5.78 Å². The predicted molar refractivity (Wildman–Crippen MR) is 153 cm³/mol. The normalized spacial score (nSPS) is 16.7. The fourth-order valence-corrected chi connectivity index (χ4v) is 6.61. The number of ketones is 1. The molecule has 0 spiro atoms. The summed E-state index contributed by atoms with van der Waals surface area (Å²) in [6.45, 7) is 2.02. The average molecular weight is 601 g/mol. The van der Waals surface area contributed by atoms with Gasteiger partial charge in [0.1, 0.15) is 11.6 Å². The van der Waals surface area contributed by atoms with E-state index in [9.17, 15) is 19.1 Å². The number of benzene rings is 3. The summed E-state index contributed by atoms with van der Waals surface area (Å²) in [6, 6.07) is 16.8. The minimum atomic E-state index is -0.947. The smallest absolute Gasteiger partial charge is 0.301 e. The van der Waals surface area contributed by atoms with E-state index >= 15 is 0 Å². The molecule has 3 aromatic carbocycles. The van der Waals surface area contributed by atoms with Gasteiger partial charge in [-0.3, -0.25) is 14.5 Å². The molecule has 1 fully saturated rings. The number of Topliss-reactive ketones (excluding diaryl/α,β-unsaturated/α-hetero) is 1. The molecule has 1 atom stereocenters. The summed E-state index contributed by atoms with van der Waals surface area (Å²) in [7, 11) is 0. The number of thioether (sulfide) groups is 1. The maximum Gasteiger partial charge on any atom is 0.301 e. The van der Waals surface area contributed by atoms with Gasteiger partial charge in [-0.2, -0.15) is 0 Å². The zero-order valence-electron chi connectivity index (χ0n) is 20.4. The highest BCUT2D eigenvalue weighted by Gasteiger charge is 2.48. The van der Waals surface area contributed by atoms with Crippen LogP contribution in [-0.4, -0.2) is 27.0 Å². The second-order valence-corrected chi connectivity index (χ2v) is 11.7. The Hall–Kier alpha value is -3.24. The van der Waals surface area contributed by atoms with E-state index in [-0.39, 0.29) is 16.3 Å². The Labute approximate surface area is 242 Å². The van der Waals surface area contributed by atoms with Crippen LogP contribution in [0.1, 0.15) is 35.2 Å². The summed E-state index contributed by atoms with van der Waals surface area (Å²) < 4.78 is 14.1. The number of nitrogens with zero attached hydrogens (tertiary/aromatic N) is 3. The number of aliphatic hydroxyl groups excluding tert-OH is 1. The largest absolute Gasteiger partial charge is 0.507 e. The lowest BCUT2D eigenvalue weighted by molar-refractivity contribution is -0.132. The molecule has 1 aromatic heterocycles. The molecule has 0 saturated carbocycles. The number of hydrogen-bond acceptors (Lipinski definition) is 7. The van der Waals surface area contributed by atoms with Crippen molar-refractivity contribution in [3.8, 4) is 0 Å². The van der Waals surface area contributed by atoms with Crippen LogP contribution in [0.25, 0.3) is 5.76 Å². The first-order valence-electron chi connectivity index (χ1n) is 11.8. The van der Waals surface area contributed by atoms with Gasteiger partial charge in [-0.05, 0) is 59.5 Å². The molecule has 6 nitrogen and oxygen atoms in total. The number of halogens is 3. The fourth-order valence-electron chi connectivity index (χ4n) is 4.18. The van der Waals surface area contributed by atoms with Crippen LogP contribution in [0.15, 0.2) is 76.6 Å². The quantitative estimate of drug-likeness (QED) is 0.0780. The minimum absolute atomic E-state index is 0.104. The van der Waals surface area contributed by atoms with E-state index in [1.807, 2.05) is 37.3 Å². The van der Waals surface area contributed by atoms with Crippen LogP contribution in [0.2, 0.25) is 10.0 Å². The number of amides is 1. The standard InChI is InChI=1S/C28H20Cl2FN3O3S2/c1-2-15-3-5-16(6-4-15)23-22(24(35)17-8-11-20(31)12-9-17)25(36)26(37)34(23)27-32-33-28(39-27)38-14-18-7-10-19(29)13-21(18)30/h3-13,23,35H,2,14H2,1H3/b24-22-. The van der Waals surface area contributed by atoms with E-state index < -0.39 is 29.3 Å². The van der Waals surface area contributed by atoms with Gasteiger partial charge in [-0.15, -0.1) is 10.2 Å². The van der Waals surface area contributed by atoms with Crippen LogP contribution < -0.4 is 4.90 Å². The van der Waals surface area contributed by atoms with Crippen LogP contribution in [0.4, 0.5) is 9.52 Å². The molecule has 0 radical (unpaired) electrons. The molecule has 2 heterocycles. The minimum Gasteiger partial charge on any atom is -0.507 e. The molecule has 4 aromatic rings. The van der Waals surface area contributed by atoms with Gasteiger partial charge in [-0.25, -0.2) is 4.39 Å². The fraction of sp³-hybridized carbons (Fsp3) is 0.143. The van der Waals surface area contributed by atoms with E-state index in [1.165, 1.54) is 40.9 Å². The molecule has 5 rings (SSSR count). The Morgan fingerprint density at radius 2 is 1.77 bits per heavy atom. The molecule has 1 aliphatic heterocycles. The third kappa shape index (κ3) is 5.58. The average Bonchev–Trinajstić information content (AvgIpc) is 3.50. The van der Waals surface area contributed by atoms with Gasteiger partial charge in [0.05, 0.1) is 11.6 Å². The second-order valence-electron chi connectivity index (χ2n) is 8.65. The number of carbonyl (C=O) groups is 2. The molecule has 1 saturated heterocycles. The molecule has 1 amide bonds. The molecule has 1 aliphatic rings. The van der Waals surface area contributed by atoms with Crippen LogP contribution in [-0.2, 0) is 21.8 Å². The van der Waals surface area contributed by atoms with E-state index in [0.29, 0.717) is 25.7 Å². The van der Waals surface area contributed by atoms with E-state index in [4.69, 9.17) is 23.2 Å². The van der Waals surface area contributed by atoms with Crippen molar-refractivity contribution in [2.24, 2.45) is 0 Å². The third-order valence-corrected chi connectivity index (χ3v) is 8.93. The SMILES string of the molecule is CCc1ccc(C2/C(=C(/O)c3ccc(F)cc3)C(=O)C(=O)N2c2nnc(SCc3ccc(Cl)cc3Cl)s2)cc1. The van der Waals surface area contributed by atoms with Crippen molar-refractivity contribution < 1.29 is 19.1 Å². The van der Waals surface area contributed by atoms with Crippen LogP contribution in [0, 0.1) is 5.82 Å². The Balaban J connectivity index is 1.53.